The highest BCUT2D eigenvalue weighted by Crippen LogP contribution is 2.37. The van der Waals surface area contributed by atoms with Gasteiger partial charge >= 0.3 is 12.2 Å². The van der Waals surface area contributed by atoms with Gasteiger partial charge in [0.15, 0.2) is 0 Å². The lowest BCUT2D eigenvalue weighted by Gasteiger charge is -2.32. The average Bonchev–Trinajstić information content (AvgIpc) is 3.19. The van der Waals surface area contributed by atoms with Crippen molar-refractivity contribution in [1.82, 2.24) is 10.2 Å². The lowest BCUT2D eigenvalue weighted by atomic mass is 9.85. The molecule has 2 saturated carbocycles. The number of rotatable bonds is 4. The van der Waals surface area contributed by atoms with Gasteiger partial charge < -0.3 is 15.3 Å². The summed E-state index contributed by atoms with van der Waals surface area (Å²) in [5.74, 6) is -1.31. The maximum absolute atomic E-state index is 12.7. The van der Waals surface area contributed by atoms with Crippen molar-refractivity contribution in [3.8, 4) is 0 Å². The van der Waals surface area contributed by atoms with E-state index in [1.165, 1.54) is 4.90 Å². The number of carbonyl (C=O) groups is 1. The third-order valence-corrected chi connectivity index (χ3v) is 4.05. The van der Waals surface area contributed by atoms with Gasteiger partial charge in [0, 0.05) is 18.6 Å². The molecule has 116 valence electrons. The molecule has 0 aromatic rings. The number of hydrogen-bond donors (Lipinski definition) is 2. The largest absolute Gasteiger partial charge is 0.395 e. The maximum Gasteiger partial charge on any atom is 0.391 e. The van der Waals surface area contributed by atoms with Crippen molar-refractivity contribution in [1.29, 1.82) is 0 Å². The quantitative estimate of drug-likeness (QED) is 0.835. The highest BCUT2D eigenvalue weighted by Gasteiger charge is 2.43. The molecular weight excluding hydrogens is 273 g/mol. The van der Waals surface area contributed by atoms with Crippen LogP contribution in [0.15, 0.2) is 0 Å². The minimum absolute atomic E-state index is 0.0348. The minimum atomic E-state index is -4.18. The van der Waals surface area contributed by atoms with Crippen molar-refractivity contribution in [2.24, 2.45) is 5.92 Å². The molecule has 2 N–H and O–H groups in total. The van der Waals surface area contributed by atoms with Crippen LogP contribution in [0.4, 0.5) is 18.0 Å². The zero-order valence-corrected chi connectivity index (χ0v) is 11.3. The van der Waals surface area contributed by atoms with Crippen LogP contribution in [0, 0.1) is 5.92 Å². The number of amides is 2. The fourth-order valence-corrected chi connectivity index (χ4v) is 2.82. The number of nitrogens with zero attached hydrogens (tertiary/aromatic N) is 1. The lowest BCUT2D eigenvalue weighted by molar-refractivity contribution is -0.183. The molecule has 2 atom stereocenters. The number of aliphatic hydroxyl groups is 1. The predicted octanol–water partition coefficient (Wildman–Crippen LogP) is 2.27. The van der Waals surface area contributed by atoms with Crippen molar-refractivity contribution in [2.45, 2.75) is 56.8 Å². The van der Waals surface area contributed by atoms with E-state index in [9.17, 15) is 18.0 Å². The van der Waals surface area contributed by atoms with Crippen LogP contribution < -0.4 is 5.32 Å². The minimum Gasteiger partial charge on any atom is -0.395 e. The Morgan fingerprint density at radius 2 is 1.95 bits per heavy atom. The first-order chi connectivity index (χ1) is 9.41. The van der Waals surface area contributed by atoms with Crippen LogP contribution in [-0.4, -0.2) is 47.4 Å². The molecule has 0 aliphatic heterocycles. The Hall–Kier alpha value is -0.980. The molecule has 2 aliphatic rings. The fraction of sp³-hybridized carbons (Fsp3) is 0.923. The zero-order chi connectivity index (χ0) is 14.8. The summed E-state index contributed by atoms with van der Waals surface area (Å²) in [5, 5.41) is 11.6. The van der Waals surface area contributed by atoms with E-state index in [1.54, 1.807) is 0 Å². The summed E-state index contributed by atoms with van der Waals surface area (Å²) in [7, 11) is 0. The summed E-state index contributed by atoms with van der Waals surface area (Å²) in [4.78, 5) is 13.6. The number of aliphatic hydroxyl groups excluding tert-OH is 1. The maximum atomic E-state index is 12.7. The average molecular weight is 294 g/mol. The van der Waals surface area contributed by atoms with Crippen LogP contribution in [-0.2, 0) is 0 Å². The summed E-state index contributed by atoms with van der Waals surface area (Å²) in [6, 6.07) is -0.610. The van der Waals surface area contributed by atoms with Gasteiger partial charge in [-0.2, -0.15) is 13.2 Å². The third-order valence-electron chi connectivity index (χ3n) is 4.05. The van der Waals surface area contributed by atoms with E-state index in [-0.39, 0.29) is 38.1 Å². The second-order valence-electron chi connectivity index (χ2n) is 5.70. The van der Waals surface area contributed by atoms with E-state index in [0.29, 0.717) is 12.8 Å². The van der Waals surface area contributed by atoms with E-state index in [4.69, 9.17) is 5.11 Å². The fourth-order valence-electron chi connectivity index (χ4n) is 2.82. The molecule has 2 amide bonds. The smallest absolute Gasteiger partial charge is 0.391 e. The van der Waals surface area contributed by atoms with Gasteiger partial charge in [-0.3, -0.25) is 0 Å². The molecule has 0 spiro atoms. The monoisotopic (exact) mass is 294 g/mol. The lowest BCUT2D eigenvalue weighted by Crippen LogP contribution is -2.49. The topological polar surface area (TPSA) is 52.6 Å². The van der Waals surface area contributed by atoms with Gasteiger partial charge in [-0.15, -0.1) is 0 Å². The molecule has 20 heavy (non-hydrogen) atoms. The summed E-state index contributed by atoms with van der Waals surface area (Å²) in [6.45, 7) is 0.117. The standard InChI is InChI=1S/C13H21F3N2O2/c14-13(15,16)9-2-1-3-10(8-9)17-12(20)18(6-7-19)11-4-5-11/h9-11,19H,1-8H2,(H,17,20). The van der Waals surface area contributed by atoms with Gasteiger partial charge in [0.2, 0.25) is 0 Å². The highest BCUT2D eigenvalue weighted by molar-refractivity contribution is 5.75. The first-order valence-electron chi connectivity index (χ1n) is 7.16. The number of alkyl halides is 3. The molecule has 2 unspecified atom stereocenters. The normalized spacial score (nSPS) is 27.2. The van der Waals surface area contributed by atoms with Crippen LogP contribution in [0.2, 0.25) is 0 Å². The van der Waals surface area contributed by atoms with E-state index >= 15 is 0 Å². The van der Waals surface area contributed by atoms with Gasteiger partial charge in [-0.05, 0) is 32.1 Å². The Morgan fingerprint density at radius 3 is 2.50 bits per heavy atom. The van der Waals surface area contributed by atoms with Crippen molar-refractivity contribution in [3.05, 3.63) is 0 Å². The Kier molecular flexibility index (Phi) is 4.78. The number of carbonyl (C=O) groups excluding carboxylic acids is 1. The van der Waals surface area contributed by atoms with Gasteiger partial charge in [0.05, 0.1) is 12.5 Å². The van der Waals surface area contributed by atoms with Crippen LogP contribution in [0.25, 0.3) is 0 Å². The summed E-state index contributed by atoms with van der Waals surface area (Å²) >= 11 is 0. The van der Waals surface area contributed by atoms with Crippen LogP contribution in [0.5, 0.6) is 0 Å². The SMILES string of the molecule is O=C(NC1CCCC(C(F)(F)F)C1)N(CCO)C1CC1. The van der Waals surface area contributed by atoms with Gasteiger partial charge in [0.1, 0.15) is 0 Å². The zero-order valence-electron chi connectivity index (χ0n) is 11.3. The first kappa shape index (κ1) is 15.4. The number of urea groups is 1. The molecule has 2 rings (SSSR count). The van der Waals surface area contributed by atoms with E-state index in [1.807, 2.05) is 0 Å². The van der Waals surface area contributed by atoms with E-state index in [2.05, 4.69) is 5.32 Å². The Balaban J connectivity index is 1.86. The second kappa shape index (κ2) is 6.20. The summed E-state index contributed by atoms with van der Waals surface area (Å²) < 4.78 is 38.1. The second-order valence-corrected chi connectivity index (χ2v) is 5.70. The van der Waals surface area contributed by atoms with Crippen LogP contribution in [0.1, 0.15) is 38.5 Å². The van der Waals surface area contributed by atoms with Crippen LogP contribution >= 0.6 is 0 Å². The Morgan fingerprint density at radius 1 is 1.25 bits per heavy atom. The number of halogens is 3. The predicted molar refractivity (Wildman–Crippen MR) is 67.1 cm³/mol. The molecule has 0 bridgehead atoms. The molecular formula is C13H21F3N2O2. The third kappa shape index (κ3) is 4.01. The molecule has 2 fully saturated rings. The summed E-state index contributed by atoms with van der Waals surface area (Å²) in [5.41, 5.74) is 0. The molecule has 0 radical (unpaired) electrons. The molecule has 4 nitrogen and oxygen atoms in total. The van der Waals surface area contributed by atoms with E-state index in [0.717, 1.165) is 12.8 Å². The van der Waals surface area contributed by atoms with Gasteiger partial charge in [-0.1, -0.05) is 6.42 Å². The molecule has 0 aromatic heterocycles. The Labute approximate surface area is 116 Å². The highest BCUT2D eigenvalue weighted by atomic mass is 19.4. The van der Waals surface area contributed by atoms with Crippen LogP contribution in [0.3, 0.4) is 0 Å². The van der Waals surface area contributed by atoms with Gasteiger partial charge in [-0.25, -0.2) is 4.79 Å². The first-order valence-corrected chi connectivity index (χ1v) is 7.16. The molecule has 0 heterocycles. The van der Waals surface area contributed by atoms with Crippen molar-refractivity contribution in [3.63, 3.8) is 0 Å². The molecule has 0 aromatic carbocycles. The van der Waals surface area contributed by atoms with Crippen molar-refractivity contribution in [2.75, 3.05) is 13.2 Å². The van der Waals surface area contributed by atoms with Crippen molar-refractivity contribution >= 4 is 6.03 Å². The van der Waals surface area contributed by atoms with E-state index < -0.39 is 18.1 Å². The number of nitrogens with one attached hydrogen (secondary N) is 1. The summed E-state index contributed by atoms with van der Waals surface area (Å²) in [6.07, 6.45) is -1.17. The van der Waals surface area contributed by atoms with Gasteiger partial charge in [0.25, 0.3) is 0 Å². The Bertz CT molecular complexity index is 345. The molecule has 0 saturated heterocycles. The molecule has 2 aliphatic carbocycles. The number of hydrogen-bond acceptors (Lipinski definition) is 2. The molecule has 7 heteroatoms. The van der Waals surface area contributed by atoms with Crippen molar-refractivity contribution < 1.29 is 23.1 Å².